The number of hydrogen-bond donors (Lipinski definition) is 0. The van der Waals surface area contributed by atoms with Crippen LogP contribution in [0.5, 0.6) is 0 Å². The first-order chi connectivity index (χ1) is 14.6. The molecule has 0 saturated heterocycles. The van der Waals surface area contributed by atoms with Gasteiger partial charge in [0, 0.05) is 18.3 Å². The lowest BCUT2D eigenvalue weighted by atomic mass is 10.0. The van der Waals surface area contributed by atoms with E-state index in [4.69, 9.17) is 0 Å². The summed E-state index contributed by atoms with van der Waals surface area (Å²) in [5.41, 5.74) is 2.42. The standard InChI is InChI=1S/C24H16F2N2O2/c25-17-10-11-18(26)20(14-17)28-23(29)21(16-7-2-1-3-8-16)22(24(28)30)27-13-12-15-6-4-5-9-19(15)27/h1-11,14H,12-13H2. The van der Waals surface area contributed by atoms with Crippen molar-refractivity contribution in [3.8, 4) is 0 Å². The summed E-state index contributed by atoms with van der Waals surface area (Å²) in [6, 6.07) is 19.2. The third kappa shape index (κ3) is 2.72. The van der Waals surface area contributed by atoms with Gasteiger partial charge in [0.15, 0.2) is 0 Å². The van der Waals surface area contributed by atoms with Crippen LogP contribution >= 0.6 is 0 Å². The maximum Gasteiger partial charge on any atom is 0.282 e. The molecule has 0 bridgehead atoms. The van der Waals surface area contributed by atoms with Crippen molar-refractivity contribution < 1.29 is 18.4 Å². The molecule has 0 fully saturated rings. The largest absolute Gasteiger partial charge is 0.336 e. The van der Waals surface area contributed by atoms with Gasteiger partial charge in [0.05, 0.1) is 11.3 Å². The highest BCUT2D eigenvalue weighted by molar-refractivity contribution is 6.46. The monoisotopic (exact) mass is 402 g/mol. The third-order valence-electron chi connectivity index (χ3n) is 5.43. The summed E-state index contributed by atoms with van der Waals surface area (Å²) in [6.45, 7) is 0.517. The first kappa shape index (κ1) is 18.2. The number of rotatable bonds is 3. The van der Waals surface area contributed by atoms with Crippen LogP contribution in [0, 0.1) is 11.6 Å². The molecule has 30 heavy (non-hydrogen) atoms. The Morgan fingerprint density at radius 3 is 2.30 bits per heavy atom. The predicted molar refractivity (Wildman–Crippen MR) is 110 cm³/mol. The molecule has 0 spiro atoms. The third-order valence-corrected chi connectivity index (χ3v) is 5.43. The van der Waals surface area contributed by atoms with Crippen LogP contribution in [0.15, 0.2) is 78.5 Å². The molecule has 5 rings (SSSR count). The Morgan fingerprint density at radius 1 is 0.767 bits per heavy atom. The summed E-state index contributed by atoms with van der Waals surface area (Å²) in [4.78, 5) is 29.4. The minimum absolute atomic E-state index is 0.180. The molecule has 0 atom stereocenters. The summed E-state index contributed by atoms with van der Waals surface area (Å²) in [6.07, 6.45) is 0.720. The summed E-state index contributed by atoms with van der Waals surface area (Å²) >= 11 is 0. The van der Waals surface area contributed by atoms with Crippen LogP contribution in [0.4, 0.5) is 20.2 Å². The molecular formula is C24H16F2N2O2. The van der Waals surface area contributed by atoms with E-state index in [0.29, 0.717) is 12.1 Å². The van der Waals surface area contributed by atoms with E-state index in [-0.39, 0.29) is 17.0 Å². The number of benzene rings is 3. The molecular weight excluding hydrogens is 386 g/mol. The molecule has 0 N–H and O–H groups in total. The summed E-state index contributed by atoms with van der Waals surface area (Å²) in [5, 5.41) is 0. The molecule has 2 aliphatic heterocycles. The number of para-hydroxylation sites is 1. The number of amides is 2. The Morgan fingerprint density at radius 2 is 1.50 bits per heavy atom. The van der Waals surface area contributed by atoms with Gasteiger partial charge in [0.2, 0.25) is 0 Å². The first-order valence-electron chi connectivity index (χ1n) is 9.55. The van der Waals surface area contributed by atoms with E-state index in [2.05, 4.69) is 0 Å². The van der Waals surface area contributed by atoms with Crippen LogP contribution in [0.2, 0.25) is 0 Å². The predicted octanol–water partition coefficient (Wildman–Crippen LogP) is 4.31. The zero-order chi connectivity index (χ0) is 20.8. The average molecular weight is 402 g/mol. The average Bonchev–Trinajstić information content (AvgIpc) is 3.29. The quantitative estimate of drug-likeness (QED) is 0.613. The second-order valence-electron chi connectivity index (χ2n) is 7.16. The second-order valence-corrected chi connectivity index (χ2v) is 7.16. The van der Waals surface area contributed by atoms with Crippen molar-refractivity contribution in [1.29, 1.82) is 0 Å². The lowest BCUT2D eigenvalue weighted by Crippen LogP contribution is -2.35. The van der Waals surface area contributed by atoms with Crippen molar-refractivity contribution in [2.24, 2.45) is 0 Å². The highest BCUT2D eigenvalue weighted by atomic mass is 19.1. The van der Waals surface area contributed by atoms with Gasteiger partial charge in [0.25, 0.3) is 11.8 Å². The van der Waals surface area contributed by atoms with Gasteiger partial charge in [-0.05, 0) is 35.7 Å². The van der Waals surface area contributed by atoms with Crippen LogP contribution in [0.1, 0.15) is 11.1 Å². The molecule has 148 valence electrons. The number of anilines is 2. The molecule has 0 aliphatic carbocycles. The number of carbonyl (C=O) groups is 2. The zero-order valence-electron chi connectivity index (χ0n) is 15.8. The van der Waals surface area contributed by atoms with Crippen molar-refractivity contribution in [2.45, 2.75) is 6.42 Å². The highest BCUT2D eigenvalue weighted by Gasteiger charge is 2.44. The Bertz CT molecular complexity index is 1220. The summed E-state index contributed by atoms with van der Waals surface area (Å²) in [7, 11) is 0. The van der Waals surface area contributed by atoms with E-state index in [0.717, 1.165) is 40.8 Å². The lowest BCUT2D eigenvalue weighted by Gasteiger charge is -2.22. The van der Waals surface area contributed by atoms with Crippen LogP contribution < -0.4 is 9.80 Å². The van der Waals surface area contributed by atoms with Crippen LogP contribution in [0.3, 0.4) is 0 Å². The Labute approximate surface area is 171 Å². The van der Waals surface area contributed by atoms with E-state index in [1.54, 1.807) is 35.2 Å². The molecule has 0 aromatic heterocycles. The number of hydrogen-bond acceptors (Lipinski definition) is 3. The van der Waals surface area contributed by atoms with Crippen molar-refractivity contribution in [3.05, 3.63) is 101 Å². The number of carbonyl (C=O) groups excluding carboxylic acids is 2. The molecule has 3 aromatic rings. The van der Waals surface area contributed by atoms with Gasteiger partial charge >= 0.3 is 0 Å². The molecule has 4 nitrogen and oxygen atoms in total. The summed E-state index contributed by atoms with van der Waals surface area (Å²) in [5.74, 6) is -2.91. The first-order valence-corrected chi connectivity index (χ1v) is 9.55. The van der Waals surface area contributed by atoms with E-state index < -0.39 is 23.4 Å². The minimum Gasteiger partial charge on any atom is -0.336 e. The van der Waals surface area contributed by atoms with Gasteiger partial charge in [-0.2, -0.15) is 0 Å². The Kier molecular flexibility index (Phi) is 4.20. The van der Waals surface area contributed by atoms with Gasteiger partial charge in [-0.3, -0.25) is 9.59 Å². The zero-order valence-corrected chi connectivity index (χ0v) is 15.8. The fourth-order valence-electron chi connectivity index (χ4n) is 4.08. The minimum atomic E-state index is -0.839. The van der Waals surface area contributed by atoms with Crippen molar-refractivity contribution in [1.82, 2.24) is 0 Å². The van der Waals surface area contributed by atoms with Crippen molar-refractivity contribution >= 4 is 28.8 Å². The van der Waals surface area contributed by atoms with Gasteiger partial charge in [-0.1, -0.05) is 48.5 Å². The van der Waals surface area contributed by atoms with Crippen molar-refractivity contribution in [3.63, 3.8) is 0 Å². The molecule has 0 radical (unpaired) electrons. The summed E-state index contributed by atoms with van der Waals surface area (Å²) < 4.78 is 28.3. The van der Waals surface area contributed by atoms with Crippen LogP contribution in [-0.2, 0) is 16.0 Å². The van der Waals surface area contributed by atoms with Crippen LogP contribution in [-0.4, -0.2) is 18.4 Å². The van der Waals surface area contributed by atoms with Crippen molar-refractivity contribution in [2.75, 3.05) is 16.3 Å². The molecule has 2 aliphatic rings. The lowest BCUT2D eigenvalue weighted by molar-refractivity contribution is -0.120. The van der Waals surface area contributed by atoms with Crippen LogP contribution in [0.25, 0.3) is 5.57 Å². The fraction of sp³-hybridized carbons (Fsp3) is 0.0833. The maximum atomic E-state index is 14.5. The normalized spacial score (nSPS) is 15.9. The smallest absolute Gasteiger partial charge is 0.282 e. The maximum absolute atomic E-state index is 14.5. The fourth-order valence-corrected chi connectivity index (χ4v) is 4.08. The van der Waals surface area contributed by atoms with Gasteiger partial charge < -0.3 is 4.90 Å². The van der Waals surface area contributed by atoms with Gasteiger partial charge in [-0.15, -0.1) is 0 Å². The van der Waals surface area contributed by atoms with Gasteiger partial charge in [0.1, 0.15) is 17.3 Å². The SMILES string of the molecule is O=C1C(c2ccccc2)=C(N2CCc3ccccc32)C(=O)N1c1cc(F)ccc1F. The molecule has 6 heteroatoms. The van der Waals surface area contributed by atoms with Gasteiger partial charge in [-0.25, -0.2) is 13.7 Å². The van der Waals surface area contributed by atoms with E-state index >= 15 is 0 Å². The molecule has 0 saturated carbocycles. The second kappa shape index (κ2) is 6.91. The molecule has 3 aromatic carbocycles. The molecule has 2 heterocycles. The van der Waals surface area contributed by atoms with E-state index in [9.17, 15) is 18.4 Å². The number of fused-ring (bicyclic) bond motifs is 1. The highest BCUT2D eigenvalue weighted by Crippen LogP contribution is 2.40. The Balaban J connectivity index is 1.71. The van der Waals surface area contributed by atoms with E-state index in [1.165, 1.54) is 0 Å². The van der Waals surface area contributed by atoms with E-state index in [1.807, 2.05) is 24.3 Å². The molecule has 2 amide bonds. The number of imide groups is 1. The number of nitrogens with zero attached hydrogens (tertiary/aromatic N) is 2. The number of halogens is 2. The molecule has 0 unspecified atom stereocenters. The Hall–Kier alpha value is -3.80. The topological polar surface area (TPSA) is 40.6 Å².